The standard InChI is InChI=1S/C11H24N2O4S/c1-4-13(5-2)18(15,16)12-10-8-6-7-9-11(14)17-3/h12H,4-10H2,1-3H3. The van der Waals surface area contributed by atoms with Crippen molar-refractivity contribution in [2.45, 2.75) is 39.5 Å². The van der Waals surface area contributed by atoms with E-state index in [0.717, 1.165) is 19.3 Å². The largest absolute Gasteiger partial charge is 0.469 e. The maximum absolute atomic E-state index is 11.7. The van der Waals surface area contributed by atoms with Gasteiger partial charge in [0.15, 0.2) is 0 Å². The fourth-order valence-corrected chi connectivity index (χ4v) is 2.79. The van der Waals surface area contributed by atoms with E-state index in [-0.39, 0.29) is 5.97 Å². The first-order valence-electron chi connectivity index (χ1n) is 6.29. The van der Waals surface area contributed by atoms with Gasteiger partial charge in [-0.1, -0.05) is 20.3 Å². The summed E-state index contributed by atoms with van der Waals surface area (Å²) in [6.45, 7) is 4.94. The molecule has 0 unspecified atom stereocenters. The van der Waals surface area contributed by atoms with Gasteiger partial charge in [-0.25, -0.2) is 4.72 Å². The number of carbonyl (C=O) groups is 1. The molecule has 0 aliphatic heterocycles. The minimum atomic E-state index is -3.34. The minimum absolute atomic E-state index is 0.223. The topological polar surface area (TPSA) is 75.7 Å². The van der Waals surface area contributed by atoms with Crippen molar-refractivity contribution in [1.82, 2.24) is 9.03 Å². The molecule has 0 heterocycles. The lowest BCUT2D eigenvalue weighted by Crippen LogP contribution is -2.40. The summed E-state index contributed by atoms with van der Waals surface area (Å²) in [5.74, 6) is -0.223. The molecule has 0 spiro atoms. The third kappa shape index (κ3) is 6.93. The van der Waals surface area contributed by atoms with E-state index in [1.807, 2.05) is 0 Å². The van der Waals surface area contributed by atoms with Gasteiger partial charge in [-0.3, -0.25) is 4.79 Å². The maximum Gasteiger partial charge on any atom is 0.305 e. The van der Waals surface area contributed by atoms with E-state index in [9.17, 15) is 13.2 Å². The molecule has 0 bridgehead atoms. The molecule has 1 N–H and O–H groups in total. The third-order valence-electron chi connectivity index (χ3n) is 2.62. The van der Waals surface area contributed by atoms with Crippen LogP contribution in [0.1, 0.15) is 39.5 Å². The molecule has 0 aromatic carbocycles. The molecule has 0 aliphatic rings. The quantitative estimate of drug-likeness (QED) is 0.476. The van der Waals surface area contributed by atoms with Gasteiger partial charge in [0.05, 0.1) is 7.11 Å². The van der Waals surface area contributed by atoms with E-state index in [1.54, 1.807) is 13.8 Å². The number of carbonyl (C=O) groups excluding carboxylic acids is 1. The minimum Gasteiger partial charge on any atom is -0.469 e. The van der Waals surface area contributed by atoms with Crippen LogP contribution in [-0.2, 0) is 19.7 Å². The van der Waals surface area contributed by atoms with Crippen molar-refractivity contribution in [3.8, 4) is 0 Å². The second-order valence-corrected chi connectivity index (χ2v) is 5.63. The maximum atomic E-state index is 11.7. The Balaban J connectivity index is 3.75. The molecular weight excluding hydrogens is 256 g/mol. The Labute approximate surface area is 110 Å². The summed E-state index contributed by atoms with van der Waals surface area (Å²) < 4.78 is 31.9. The second-order valence-electron chi connectivity index (χ2n) is 3.87. The smallest absolute Gasteiger partial charge is 0.305 e. The first-order valence-corrected chi connectivity index (χ1v) is 7.73. The summed E-state index contributed by atoms with van der Waals surface area (Å²) in [7, 11) is -1.98. The Morgan fingerprint density at radius 2 is 1.78 bits per heavy atom. The number of hydrogen-bond acceptors (Lipinski definition) is 4. The molecule has 0 fully saturated rings. The molecule has 7 heteroatoms. The first kappa shape index (κ1) is 17.3. The predicted molar refractivity (Wildman–Crippen MR) is 70.3 cm³/mol. The van der Waals surface area contributed by atoms with Crippen LogP contribution in [0, 0.1) is 0 Å². The average Bonchev–Trinajstić information content (AvgIpc) is 2.34. The van der Waals surface area contributed by atoms with Crippen molar-refractivity contribution in [2.24, 2.45) is 0 Å². The number of hydrogen-bond donors (Lipinski definition) is 1. The molecule has 18 heavy (non-hydrogen) atoms. The molecule has 0 saturated heterocycles. The van der Waals surface area contributed by atoms with Crippen LogP contribution >= 0.6 is 0 Å². The molecular formula is C11H24N2O4S. The zero-order valence-electron chi connectivity index (χ0n) is 11.4. The molecule has 0 radical (unpaired) electrons. The van der Waals surface area contributed by atoms with Gasteiger partial charge in [0, 0.05) is 26.1 Å². The van der Waals surface area contributed by atoms with Gasteiger partial charge in [-0.2, -0.15) is 12.7 Å². The zero-order valence-corrected chi connectivity index (χ0v) is 12.3. The first-order chi connectivity index (χ1) is 8.47. The van der Waals surface area contributed by atoms with E-state index in [1.165, 1.54) is 11.4 Å². The summed E-state index contributed by atoms with van der Waals surface area (Å²) in [6.07, 6.45) is 2.63. The Kier molecular flexibility index (Phi) is 8.95. The molecule has 6 nitrogen and oxygen atoms in total. The normalized spacial score (nSPS) is 11.8. The number of esters is 1. The van der Waals surface area contributed by atoms with Gasteiger partial charge in [-0.15, -0.1) is 0 Å². The van der Waals surface area contributed by atoms with Crippen molar-refractivity contribution in [1.29, 1.82) is 0 Å². The van der Waals surface area contributed by atoms with Crippen LogP contribution in [0.25, 0.3) is 0 Å². The van der Waals surface area contributed by atoms with Crippen LogP contribution in [0.3, 0.4) is 0 Å². The molecule has 0 rings (SSSR count). The Hall–Kier alpha value is -0.660. The van der Waals surface area contributed by atoms with Gasteiger partial charge >= 0.3 is 5.97 Å². The van der Waals surface area contributed by atoms with Crippen LogP contribution in [0.5, 0.6) is 0 Å². The summed E-state index contributed by atoms with van der Waals surface area (Å²) in [5, 5.41) is 0. The monoisotopic (exact) mass is 280 g/mol. The highest BCUT2D eigenvalue weighted by atomic mass is 32.2. The highest BCUT2D eigenvalue weighted by Gasteiger charge is 2.16. The summed E-state index contributed by atoms with van der Waals surface area (Å²) in [5.41, 5.74) is 0. The Morgan fingerprint density at radius 3 is 2.28 bits per heavy atom. The number of ether oxygens (including phenoxy) is 1. The van der Waals surface area contributed by atoms with E-state index in [0.29, 0.717) is 26.1 Å². The van der Waals surface area contributed by atoms with E-state index in [2.05, 4.69) is 9.46 Å². The predicted octanol–water partition coefficient (Wildman–Crippen LogP) is 0.896. The molecule has 0 atom stereocenters. The van der Waals surface area contributed by atoms with Gasteiger partial charge in [-0.05, 0) is 12.8 Å². The highest BCUT2D eigenvalue weighted by molar-refractivity contribution is 7.87. The number of rotatable bonds is 10. The molecule has 0 amide bonds. The van der Waals surface area contributed by atoms with E-state index in [4.69, 9.17) is 0 Å². The summed E-state index contributed by atoms with van der Waals surface area (Å²) >= 11 is 0. The summed E-state index contributed by atoms with van der Waals surface area (Å²) in [4.78, 5) is 10.8. The fourth-order valence-electron chi connectivity index (χ4n) is 1.53. The van der Waals surface area contributed by atoms with Crippen molar-refractivity contribution in [3.05, 3.63) is 0 Å². The molecule has 0 aliphatic carbocycles. The lowest BCUT2D eigenvalue weighted by atomic mass is 10.2. The van der Waals surface area contributed by atoms with Crippen molar-refractivity contribution >= 4 is 16.2 Å². The Morgan fingerprint density at radius 1 is 1.17 bits per heavy atom. The molecule has 0 aromatic rings. The molecule has 0 aromatic heterocycles. The van der Waals surface area contributed by atoms with Crippen molar-refractivity contribution < 1.29 is 17.9 Å². The van der Waals surface area contributed by atoms with Crippen molar-refractivity contribution in [3.63, 3.8) is 0 Å². The van der Waals surface area contributed by atoms with Crippen LogP contribution in [0.15, 0.2) is 0 Å². The van der Waals surface area contributed by atoms with E-state index >= 15 is 0 Å². The third-order valence-corrected chi connectivity index (χ3v) is 4.38. The molecule has 0 saturated carbocycles. The highest BCUT2D eigenvalue weighted by Crippen LogP contribution is 2.02. The zero-order chi connectivity index (χ0) is 14.0. The average molecular weight is 280 g/mol. The van der Waals surface area contributed by atoms with Crippen LogP contribution in [-0.4, -0.2) is 45.4 Å². The SMILES string of the molecule is CCN(CC)S(=O)(=O)NCCCCCC(=O)OC. The lowest BCUT2D eigenvalue weighted by Gasteiger charge is -2.18. The lowest BCUT2D eigenvalue weighted by molar-refractivity contribution is -0.140. The van der Waals surface area contributed by atoms with Crippen LogP contribution in [0.2, 0.25) is 0 Å². The van der Waals surface area contributed by atoms with Gasteiger partial charge in [0.25, 0.3) is 10.2 Å². The van der Waals surface area contributed by atoms with E-state index < -0.39 is 10.2 Å². The van der Waals surface area contributed by atoms with Crippen molar-refractivity contribution in [2.75, 3.05) is 26.7 Å². The fraction of sp³-hybridized carbons (Fsp3) is 0.909. The van der Waals surface area contributed by atoms with Crippen LogP contribution in [0.4, 0.5) is 0 Å². The molecule has 108 valence electrons. The number of unbranched alkanes of at least 4 members (excludes halogenated alkanes) is 2. The summed E-state index contributed by atoms with van der Waals surface area (Å²) in [6, 6.07) is 0. The number of nitrogens with zero attached hydrogens (tertiary/aromatic N) is 1. The second kappa shape index (κ2) is 9.29. The van der Waals surface area contributed by atoms with Gasteiger partial charge in [0.2, 0.25) is 0 Å². The number of nitrogens with one attached hydrogen (secondary N) is 1. The Bertz CT molecular complexity index is 326. The number of methoxy groups -OCH3 is 1. The van der Waals surface area contributed by atoms with Gasteiger partial charge in [0.1, 0.15) is 0 Å². The van der Waals surface area contributed by atoms with Crippen LogP contribution < -0.4 is 4.72 Å². The van der Waals surface area contributed by atoms with Gasteiger partial charge < -0.3 is 4.74 Å².